The fraction of sp³-hybridized carbons (Fsp3) is 0.250. The second kappa shape index (κ2) is 4.90. The normalized spacial score (nSPS) is 11.1. The van der Waals surface area contributed by atoms with Gasteiger partial charge in [-0.1, -0.05) is 18.2 Å². The minimum Gasteiger partial charge on any atom is -0.313 e. The summed E-state index contributed by atoms with van der Waals surface area (Å²) in [6.45, 7) is -0.333. The van der Waals surface area contributed by atoms with E-state index in [-0.39, 0.29) is 6.67 Å². The van der Waals surface area contributed by atoms with Gasteiger partial charge in [0.15, 0.2) is 0 Å². The van der Waals surface area contributed by atoms with Crippen LogP contribution < -0.4 is 10.0 Å². The molecule has 0 radical (unpaired) electrons. The van der Waals surface area contributed by atoms with Crippen LogP contribution in [0.2, 0.25) is 0 Å². The van der Waals surface area contributed by atoms with E-state index in [1.165, 1.54) is 12.1 Å². The fourth-order valence-electron chi connectivity index (χ4n) is 1.18. The van der Waals surface area contributed by atoms with Gasteiger partial charge in [-0.05, 0) is 12.1 Å². The van der Waals surface area contributed by atoms with E-state index in [1.807, 2.05) is 0 Å². The molecule has 2 N–H and O–H groups in total. The molecule has 0 amide bonds. The molecule has 88 valence electrons. The minimum atomic E-state index is -4.02. The van der Waals surface area contributed by atoms with Gasteiger partial charge in [0, 0.05) is 4.92 Å². The highest BCUT2D eigenvalue weighted by Crippen LogP contribution is 2.16. The number of para-hydroxylation sites is 1. The lowest BCUT2D eigenvalue weighted by Crippen LogP contribution is -2.39. The standard InChI is InChI=1S/C8H11N3O4S/c9-6-10(8-4-2-1-3-5-8)16(14,15)7-11(12)13/h1-5H,6-7,9H2. The molecule has 1 aromatic carbocycles. The second-order valence-electron chi connectivity index (χ2n) is 2.94. The molecule has 1 rings (SSSR count). The lowest BCUT2D eigenvalue weighted by Gasteiger charge is -2.19. The predicted octanol–water partition coefficient (Wildman–Crippen LogP) is -0.0268. The quantitative estimate of drug-likeness (QED) is 0.445. The van der Waals surface area contributed by atoms with Crippen LogP contribution in [0.1, 0.15) is 0 Å². The van der Waals surface area contributed by atoms with Crippen molar-refractivity contribution in [3.63, 3.8) is 0 Å². The van der Waals surface area contributed by atoms with Crippen molar-refractivity contribution in [2.75, 3.05) is 16.9 Å². The van der Waals surface area contributed by atoms with Gasteiger partial charge >= 0.3 is 15.9 Å². The summed E-state index contributed by atoms with van der Waals surface area (Å²) in [6, 6.07) is 7.99. The molecular formula is C8H11N3O4S. The summed E-state index contributed by atoms with van der Waals surface area (Å²) in [5.74, 6) is -1.17. The second-order valence-corrected chi connectivity index (χ2v) is 4.80. The third-order valence-corrected chi connectivity index (χ3v) is 3.38. The van der Waals surface area contributed by atoms with Crippen LogP contribution in [0.15, 0.2) is 30.3 Å². The molecule has 8 heteroatoms. The summed E-state index contributed by atoms with van der Waals surface area (Å²) in [5.41, 5.74) is 5.60. The van der Waals surface area contributed by atoms with Crippen molar-refractivity contribution in [1.82, 2.24) is 0 Å². The van der Waals surface area contributed by atoms with Crippen molar-refractivity contribution in [3.8, 4) is 0 Å². The zero-order valence-electron chi connectivity index (χ0n) is 8.31. The van der Waals surface area contributed by atoms with Crippen LogP contribution >= 0.6 is 0 Å². The number of rotatable bonds is 5. The van der Waals surface area contributed by atoms with E-state index >= 15 is 0 Å². The van der Waals surface area contributed by atoms with Gasteiger partial charge in [0.05, 0.1) is 12.4 Å². The lowest BCUT2D eigenvalue weighted by atomic mass is 10.3. The predicted molar refractivity (Wildman–Crippen MR) is 58.8 cm³/mol. The first kappa shape index (κ1) is 12.4. The molecule has 0 atom stereocenters. The van der Waals surface area contributed by atoms with Crippen LogP contribution in [-0.2, 0) is 10.0 Å². The molecule has 0 spiro atoms. The Morgan fingerprint density at radius 2 is 1.88 bits per heavy atom. The molecule has 7 nitrogen and oxygen atoms in total. The van der Waals surface area contributed by atoms with Gasteiger partial charge in [0.2, 0.25) is 0 Å². The van der Waals surface area contributed by atoms with Gasteiger partial charge in [-0.25, -0.2) is 0 Å². The molecule has 16 heavy (non-hydrogen) atoms. The van der Waals surface area contributed by atoms with Crippen LogP contribution in [0, 0.1) is 10.1 Å². The molecule has 0 aromatic heterocycles. The Morgan fingerprint density at radius 3 is 2.31 bits per heavy atom. The van der Waals surface area contributed by atoms with Crippen molar-refractivity contribution in [1.29, 1.82) is 0 Å². The Hall–Kier alpha value is -1.67. The van der Waals surface area contributed by atoms with E-state index in [0.717, 1.165) is 4.31 Å². The van der Waals surface area contributed by atoms with Crippen molar-refractivity contribution in [3.05, 3.63) is 40.4 Å². The molecule has 0 fully saturated rings. The topological polar surface area (TPSA) is 107 Å². The molecule has 0 bridgehead atoms. The number of sulfonamides is 1. The highest BCUT2D eigenvalue weighted by molar-refractivity contribution is 7.92. The molecule has 0 saturated heterocycles. The number of hydrogen-bond donors (Lipinski definition) is 1. The third kappa shape index (κ3) is 2.91. The van der Waals surface area contributed by atoms with E-state index in [9.17, 15) is 18.5 Å². The fourth-order valence-corrected chi connectivity index (χ4v) is 2.25. The molecule has 0 unspecified atom stereocenters. The number of anilines is 1. The maximum absolute atomic E-state index is 11.6. The zero-order chi connectivity index (χ0) is 12.2. The van der Waals surface area contributed by atoms with Crippen molar-refractivity contribution >= 4 is 15.7 Å². The van der Waals surface area contributed by atoms with E-state index in [1.54, 1.807) is 18.2 Å². The molecule has 0 aliphatic carbocycles. The summed E-state index contributed by atoms with van der Waals surface area (Å²) in [7, 11) is -4.02. The van der Waals surface area contributed by atoms with Crippen LogP contribution in [0.25, 0.3) is 0 Å². The van der Waals surface area contributed by atoms with E-state index in [2.05, 4.69) is 0 Å². The average Bonchev–Trinajstić information content (AvgIpc) is 2.17. The maximum Gasteiger partial charge on any atom is 0.320 e. The minimum absolute atomic E-state index is 0.312. The summed E-state index contributed by atoms with van der Waals surface area (Å²) in [5, 5.41) is 10.2. The summed E-state index contributed by atoms with van der Waals surface area (Å²) in [6.07, 6.45) is 0. The van der Waals surface area contributed by atoms with Gasteiger partial charge in [-0.2, -0.15) is 8.42 Å². The van der Waals surface area contributed by atoms with Gasteiger partial charge in [-0.15, -0.1) is 0 Å². The molecular weight excluding hydrogens is 234 g/mol. The summed E-state index contributed by atoms with van der Waals surface area (Å²) >= 11 is 0. The van der Waals surface area contributed by atoms with Crippen LogP contribution in [0.5, 0.6) is 0 Å². The Bertz CT molecular complexity index is 459. The maximum atomic E-state index is 11.6. The molecule has 0 aliphatic heterocycles. The van der Waals surface area contributed by atoms with Crippen molar-refractivity contribution in [2.45, 2.75) is 0 Å². The Morgan fingerprint density at radius 1 is 1.31 bits per heavy atom. The lowest BCUT2D eigenvalue weighted by molar-refractivity contribution is -0.458. The number of nitrogens with two attached hydrogens (primary N) is 1. The van der Waals surface area contributed by atoms with Gasteiger partial charge in [-0.3, -0.25) is 14.4 Å². The monoisotopic (exact) mass is 245 g/mol. The Kier molecular flexibility index (Phi) is 3.80. The number of nitrogens with zero attached hydrogens (tertiary/aromatic N) is 2. The van der Waals surface area contributed by atoms with Crippen LogP contribution in [0.4, 0.5) is 5.69 Å². The third-order valence-electron chi connectivity index (χ3n) is 1.81. The highest BCUT2D eigenvalue weighted by Gasteiger charge is 2.26. The van der Waals surface area contributed by atoms with Crippen molar-refractivity contribution < 1.29 is 13.3 Å². The molecule has 0 saturated carbocycles. The number of hydrogen-bond acceptors (Lipinski definition) is 5. The molecule has 0 heterocycles. The van der Waals surface area contributed by atoms with Crippen LogP contribution in [-0.4, -0.2) is 25.9 Å². The van der Waals surface area contributed by atoms with E-state index < -0.39 is 20.8 Å². The molecule has 1 aromatic rings. The first-order chi connectivity index (χ1) is 7.47. The number of benzene rings is 1. The number of nitro groups is 1. The molecule has 0 aliphatic rings. The Labute approximate surface area is 92.7 Å². The van der Waals surface area contributed by atoms with Crippen LogP contribution in [0.3, 0.4) is 0 Å². The van der Waals surface area contributed by atoms with Gasteiger partial charge in [0.25, 0.3) is 0 Å². The zero-order valence-corrected chi connectivity index (χ0v) is 9.13. The summed E-state index contributed by atoms with van der Waals surface area (Å²) in [4.78, 5) is 9.32. The largest absolute Gasteiger partial charge is 0.320 e. The van der Waals surface area contributed by atoms with Gasteiger partial charge in [0.1, 0.15) is 0 Å². The van der Waals surface area contributed by atoms with Crippen molar-refractivity contribution in [2.24, 2.45) is 5.73 Å². The SMILES string of the molecule is NCN(c1ccccc1)S(=O)(=O)C[N+](=O)[O-]. The van der Waals surface area contributed by atoms with E-state index in [4.69, 9.17) is 5.73 Å². The first-order valence-electron chi connectivity index (χ1n) is 4.34. The van der Waals surface area contributed by atoms with E-state index in [0.29, 0.717) is 5.69 Å². The first-order valence-corrected chi connectivity index (χ1v) is 5.95. The highest BCUT2D eigenvalue weighted by atomic mass is 32.2. The van der Waals surface area contributed by atoms with Gasteiger partial charge < -0.3 is 5.73 Å². The smallest absolute Gasteiger partial charge is 0.313 e. The summed E-state index contributed by atoms with van der Waals surface area (Å²) < 4.78 is 24.0. The Balaban J connectivity index is 3.04. The average molecular weight is 245 g/mol.